The second-order valence-corrected chi connectivity index (χ2v) is 3.47. The summed E-state index contributed by atoms with van der Waals surface area (Å²) in [6.45, 7) is 0. The van der Waals surface area contributed by atoms with Crippen LogP contribution in [0.1, 0.15) is 10.5 Å². The van der Waals surface area contributed by atoms with Crippen LogP contribution in [0.3, 0.4) is 0 Å². The highest BCUT2D eigenvalue weighted by Gasteiger charge is 2.15. The Morgan fingerprint density at radius 3 is 2.88 bits per heavy atom. The molecule has 0 saturated carbocycles. The van der Waals surface area contributed by atoms with Crippen LogP contribution in [0.25, 0.3) is 16.9 Å². The van der Waals surface area contributed by atoms with Crippen LogP contribution >= 0.6 is 0 Å². The topological polar surface area (TPSA) is 84.8 Å². The van der Waals surface area contributed by atoms with Gasteiger partial charge in [0.05, 0.1) is 5.52 Å². The maximum Gasteiger partial charge on any atom is 0.353 e. The number of para-hydroxylation sites is 2. The molecule has 0 aliphatic rings. The number of aromatic nitrogens is 2. The molecule has 6 nitrogen and oxygen atoms in total. The molecule has 0 aliphatic heterocycles. The molecule has 84 valence electrons. The van der Waals surface area contributed by atoms with Crippen LogP contribution in [0, 0.1) is 0 Å². The minimum absolute atomic E-state index is 0.0175. The number of aromatic carboxylic acids is 1. The lowest BCUT2D eigenvalue weighted by molar-refractivity contribution is 0.0688. The third-order valence-electron chi connectivity index (χ3n) is 2.42. The van der Waals surface area contributed by atoms with E-state index in [1.807, 2.05) is 0 Å². The molecule has 0 bridgehead atoms. The first-order chi connectivity index (χ1) is 8.16. The molecule has 3 aromatic rings. The minimum atomic E-state index is -1.20. The Hall–Kier alpha value is -2.63. The van der Waals surface area contributed by atoms with Gasteiger partial charge in [-0.1, -0.05) is 12.1 Å². The monoisotopic (exact) mass is 230 g/mol. The molecule has 1 aromatic carbocycles. The van der Waals surface area contributed by atoms with Crippen molar-refractivity contribution < 1.29 is 14.3 Å². The number of fused-ring (bicyclic) bond motifs is 3. The van der Waals surface area contributed by atoms with Gasteiger partial charge in [0.25, 0.3) is 5.56 Å². The molecule has 0 atom stereocenters. The second-order valence-electron chi connectivity index (χ2n) is 3.47. The highest BCUT2D eigenvalue weighted by Crippen LogP contribution is 2.19. The molecule has 0 aliphatic carbocycles. The Labute approximate surface area is 93.7 Å². The van der Waals surface area contributed by atoms with Crippen molar-refractivity contribution in [1.82, 2.24) is 9.38 Å². The van der Waals surface area contributed by atoms with E-state index in [0.717, 1.165) is 6.07 Å². The van der Waals surface area contributed by atoms with Crippen LogP contribution in [0.4, 0.5) is 0 Å². The van der Waals surface area contributed by atoms with Crippen LogP contribution < -0.4 is 5.56 Å². The van der Waals surface area contributed by atoms with Gasteiger partial charge in [0.15, 0.2) is 5.58 Å². The summed E-state index contributed by atoms with van der Waals surface area (Å²) in [5, 5.41) is 9.06. The summed E-state index contributed by atoms with van der Waals surface area (Å²) in [6.07, 6.45) is 0. The zero-order valence-corrected chi connectivity index (χ0v) is 8.45. The zero-order chi connectivity index (χ0) is 12.0. The summed E-state index contributed by atoms with van der Waals surface area (Å²) in [5.74, 6) is -1.22. The smallest absolute Gasteiger partial charge is 0.353 e. The number of hydrogen-bond acceptors (Lipinski definition) is 4. The predicted molar refractivity (Wildman–Crippen MR) is 58.2 cm³/mol. The quantitative estimate of drug-likeness (QED) is 0.677. The second kappa shape index (κ2) is 3.18. The molecule has 0 amide bonds. The largest absolute Gasteiger partial charge is 0.477 e. The maximum atomic E-state index is 11.2. The van der Waals surface area contributed by atoms with Crippen LogP contribution in [-0.4, -0.2) is 20.5 Å². The van der Waals surface area contributed by atoms with E-state index in [1.165, 1.54) is 4.40 Å². The third-order valence-corrected chi connectivity index (χ3v) is 2.42. The van der Waals surface area contributed by atoms with Crippen LogP contribution in [0.15, 0.2) is 39.5 Å². The lowest BCUT2D eigenvalue weighted by Gasteiger charge is -1.97. The van der Waals surface area contributed by atoms with E-state index in [4.69, 9.17) is 9.52 Å². The molecule has 1 N–H and O–H groups in total. The van der Waals surface area contributed by atoms with Gasteiger partial charge < -0.3 is 9.52 Å². The van der Waals surface area contributed by atoms with Crippen molar-refractivity contribution >= 4 is 22.9 Å². The molecule has 17 heavy (non-hydrogen) atoms. The molecule has 0 unspecified atom stereocenters. The highest BCUT2D eigenvalue weighted by atomic mass is 16.4. The number of nitrogens with zero attached hydrogens (tertiary/aromatic N) is 2. The SMILES string of the molecule is O=C(O)c1cc(=O)nc2oc3ccccc3n12. The lowest BCUT2D eigenvalue weighted by atomic mass is 10.3. The van der Waals surface area contributed by atoms with Crippen molar-refractivity contribution in [1.29, 1.82) is 0 Å². The molecular formula is C11H6N2O4. The van der Waals surface area contributed by atoms with E-state index >= 15 is 0 Å². The Morgan fingerprint density at radius 1 is 1.35 bits per heavy atom. The molecule has 0 saturated heterocycles. The summed E-state index contributed by atoms with van der Waals surface area (Å²) < 4.78 is 6.62. The summed E-state index contributed by atoms with van der Waals surface area (Å²) in [6, 6.07) is 7.85. The van der Waals surface area contributed by atoms with E-state index in [9.17, 15) is 9.59 Å². The van der Waals surface area contributed by atoms with Gasteiger partial charge in [0.1, 0.15) is 5.69 Å². The average Bonchev–Trinajstić information content (AvgIpc) is 2.65. The first kappa shape index (κ1) is 9.59. The Balaban J connectivity index is 2.62. The zero-order valence-electron chi connectivity index (χ0n) is 8.45. The predicted octanol–water partition coefficient (Wildman–Crippen LogP) is 1.14. The van der Waals surface area contributed by atoms with Crippen molar-refractivity contribution in [3.05, 3.63) is 46.4 Å². The number of hydrogen-bond donors (Lipinski definition) is 1. The van der Waals surface area contributed by atoms with Crippen LogP contribution in [-0.2, 0) is 0 Å². The van der Waals surface area contributed by atoms with Gasteiger partial charge >= 0.3 is 11.8 Å². The van der Waals surface area contributed by atoms with E-state index in [0.29, 0.717) is 11.1 Å². The molecule has 2 aromatic heterocycles. The van der Waals surface area contributed by atoms with Gasteiger partial charge in [-0.2, -0.15) is 4.98 Å². The summed E-state index contributed by atoms with van der Waals surface area (Å²) in [5.41, 5.74) is 0.243. The van der Waals surface area contributed by atoms with Crippen molar-refractivity contribution in [2.24, 2.45) is 0 Å². The molecule has 0 radical (unpaired) electrons. The fourth-order valence-electron chi connectivity index (χ4n) is 1.75. The summed E-state index contributed by atoms with van der Waals surface area (Å²) in [7, 11) is 0. The van der Waals surface area contributed by atoms with Gasteiger partial charge in [-0.3, -0.25) is 9.20 Å². The highest BCUT2D eigenvalue weighted by molar-refractivity contribution is 5.89. The van der Waals surface area contributed by atoms with Gasteiger partial charge in [-0.15, -0.1) is 0 Å². The minimum Gasteiger partial charge on any atom is -0.477 e. The van der Waals surface area contributed by atoms with Gasteiger partial charge in [0, 0.05) is 6.07 Å². The molecule has 3 rings (SSSR count). The van der Waals surface area contributed by atoms with Crippen LogP contribution in [0.2, 0.25) is 0 Å². The van der Waals surface area contributed by atoms with E-state index in [1.54, 1.807) is 24.3 Å². The standard InChI is InChI=1S/C11H6N2O4/c14-9-5-7(10(15)16)13-6-3-1-2-4-8(6)17-11(13)12-9/h1-5H,(H,15,16). The number of benzene rings is 1. The number of carboxylic acid groups (broad SMARTS) is 1. The fourth-order valence-corrected chi connectivity index (χ4v) is 1.75. The van der Waals surface area contributed by atoms with Gasteiger partial charge in [0.2, 0.25) is 0 Å². The van der Waals surface area contributed by atoms with Crippen molar-refractivity contribution in [2.75, 3.05) is 0 Å². The molecule has 0 fully saturated rings. The van der Waals surface area contributed by atoms with E-state index in [-0.39, 0.29) is 11.5 Å². The van der Waals surface area contributed by atoms with E-state index < -0.39 is 11.5 Å². The Bertz CT molecular complexity index is 800. The Kier molecular flexibility index (Phi) is 1.79. The summed E-state index contributed by atoms with van der Waals surface area (Å²) >= 11 is 0. The van der Waals surface area contributed by atoms with E-state index in [2.05, 4.69) is 4.98 Å². The number of rotatable bonds is 1. The third kappa shape index (κ3) is 1.31. The number of oxazole rings is 1. The van der Waals surface area contributed by atoms with Crippen molar-refractivity contribution in [3.63, 3.8) is 0 Å². The average molecular weight is 230 g/mol. The molecule has 2 heterocycles. The first-order valence-electron chi connectivity index (χ1n) is 4.81. The fraction of sp³-hybridized carbons (Fsp3) is 0. The maximum absolute atomic E-state index is 11.2. The van der Waals surface area contributed by atoms with Gasteiger partial charge in [-0.25, -0.2) is 4.79 Å². The molecule has 6 heteroatoms. The number of carboxylic acids is 1. The normalized spacial score (nSPS) is 11.1. The van der Waals surface area contributed by atoms with Crippen molar-refractivity contribution in [3.8, 4) is 0 Å². The van der Waals surface area contributed by atoms with Crippen LogP contribution in [0.5, 0.6) is 0 Å². The lowest BCUT2D eigenvalue weighted by Crippen LogP contribution is -2.14. The number of carbonyl (C=O) groups is 1. The molecular weight excluding hydrogens is 224 g/mol. The van der Waals surface area contributed by atoms with Crippen molar-refractivity contribution in [2.45, 2.75) is 0 Å². The summed E-state index contributed by atoms with van der Waals surface area (Å²) in [4.78, 5) is 26.0. The molecule has 0 spiro atoms. The first-order valence-corrected chi connectivity index (χ1v) is 4.81. The van der Waals surface area contributed by atoms with Gasteiger partial charge in [-0.05, 0) is 12.1 Å². The Morgan fingerprint density at radius 2 is 2.12 bits per heavy atom.